The highest BCUT2D eigenvalue weighted by molar-refractivity contribution is 5.92. The third-order valence-corrected chi connectivity index (χ3v) is 3.77. The zero-order valence-corrected chi connectivity index (χ0v) is 13.3. The molecule has 1 amide bonds. The van der Waals surface area contributed by atoms with E-state index in [2.05, 4.69) is 12.2 Å². The van der Waals surface area contributed by atoms with E-state index < -0.39 is 0 Å². The van der Waals surface area contributed by atoms with Crippen LogP contribution in [0.25, 0.3) is 0 Å². The van der Waals surface area contributed by atoms with E-state index in [1.165, 1.54) is 12.8 Å². The second-order valence-electron chi connectivity index (χ2n) is 5.66. The van der Waals surface area contributed by atoms with E-state index in [-0.39, 0.29) is 24.9 Å². The average molecular weight is 313 g/mol. The van der Waals surface area contributed by atoms with Gasteiger partial charge in [-0.2, -0.15) is 0 Å². The topological polar surface area (TPSA) is 64.3 Å². The molecule has 1 aromatic carbocycles. The van der Waals surface area contributed by atoms with E-state index >= 15 is 0 Å². The van der Waals surface area contributed by atoms with Crippen LogP contribution in [0.4, 0.5) is 5.69 Å². The number of nitrogens with two attached hydrogens (primary N) is 1. The molecule has 118 valence electrons. The van der Waals surface area contributed by atoms with Gasteiger partial charge >= 0.3 is 0 Å². The van der Waals surface area contributed by atoms with E-state index in [1.807, 2.05) is 24.3 Å². The maximum atomic E-state index is 11.3. The van der Waals surface area contributed by atoms with Crippen LogP contribution in [-0.2, 0) is 16.1 Å². The van der Waals surface area contributed by atoms with E-state index in [0.717, 1.165) is 30.0 Å². The van der Waals surface area contributed by atoms with Crippen LogP contribution in [-0.4, -0.2) is 18.6 Å². The number of hydrogen-bond donors (Lipinski definition) is 2. The average Bonchev–Trinajstić information content (AvgIpc) is 2.45. The number of hydrogen-bond acceptors (Lipinski definition) is 3. The molecule has 2 rings (SSSR count). The van der Waals surface area contributed by atoms with Gasteiger partial charge in [-0.1, -0.05) is 31.9 Å². The standard InChI is InChI=1S/C16H24N2O2.ClH/c1-12-4-2-7-15(8-12)20-11-13-5-3-6-14(9-13)18-16(19)10-17;/h3,5-6,9,12,15H,2,4,7-8,10-11,17H2,1H3,(H,18,19);1H. The number of ether oxygens (including phenoxy) is 1. The minimum absolute atomic E-state index is 0. The SMILES string of the molecule is CC1CCCC(OCc2cccc(NC(=O)CN)c2)C1.Cl. The Kier molecular flexibility index (Phi) is 7.72. The summed E-state index contributed by atoms with van der Waals surface area (Å²) in [7, 11) is 0. The van der Waals surface area contributed by atoms with Gasteiger partial charge in [0, 0.05) is 5.69 Å². The highest BCUT2D eigenvalue weighted by Gasteiger charge is 2.19. The number of anilines is 1. The molecule has 1 aromatic rings. The van der Waals surface area contributed by atoms with Gasteiger partial charge in [0.05, 0.1) is 19.3 Å². The third-order valence-electron chi connectivity index (χ3n) is 3.77. The van der Waals surface area contributed by atoms with Crippen LogP contribution in [0.1, 0.15) is 38.2 Å². The smallest absolute Gasteiger partial charge is 0.238 e. The monoisotopic (exact) mass is 312 g/mol. The summed E-state index contributed by atoms with van der Waals surface area (Å²) in [5.74, 6) is 0.591. The zero-order chi connectivity index (χ0) is 14.4. The molecule has 2 atom stereocenters. The molecule has 0 aliphatic heterocycles. The van der Waals surface area contributed by atoms with Gasteiger partial charge in [-0.3, -0.25) is 4.79 Å². The van der Waals surface area contributed by atoms with Gasteiger partial charge in [0.2, 0.25) is 5.91 Å². The number of amides is 1. The van der Waals surface area contributed by atoms with Crippen LogP contribution >= 0.6 is 12.4 Å². The number of nitrogens with one attached hydrogen (secondary N) is 1. The molecule has 0 heterocycles. The number of rotatable bonds is 5. The second-order valence-corrected chi connectivity index (χ2v) is 5.66. The molecule has 21 heavy (non-hydrogen) atoms. The molecule has 2 unspecified atom stereocenters. The number of benzene rings is 1. The Hall–Kier alpha value is -1.10. The summed E-state index contributed by atoms with van der Waals surface area (Å²) in [6, 6.07) is 7.75. The Morgan fingerprint density at radius 2 is 2.24 bits per heavy atom. The number of carbonyl (C=O) groups is 1. The first-order chi connectivity index (χ1) is 9.67. The lowest BCUT2D eigenvalue weighted by Crippen LogP contribution is -2.22. The largest absolute Gasteiger partial charge is 0.374 e. The molecule has 5 heteroatoms. The molecule has 0 aromatic heterocycles. The summed E-state index contributed by atoms with van der Waals surface area (Å²) in [6.07, 6.45) is 5.28. The molecule has 1 aliphatic carbocycles. The highest BCUT2D eigenvalue weighted by Crippen LogP contribution is 2.26. The molecule has 3 N–H and O–H groups in total. The summed E-state index contributed by atoms with van der Waals surface area (Å²) in [4.78, 5) is 11.3. The normalized spacial score (nSPS) is 21.4. The van der Waals surface area contributed by atoms with Crippen molar-refractivity contribution in [3.63, 3.8) is 0 Å². The van der Waals surface area contributed by atoms with Gasteiger partial charge in [-0.25, -0.2) is 0 Å². The van der Waals surface area contributed by atoms with Crippen molar-refractivity contribution in [2.75, 3.05) is 11.9 Å². The minimum Gasteiger partial charge on any atom is -0.374 e. The summed E-state index contributed by atoms with van der Waals surface area (Å²) in [5.41, 5.74) is 7.15. The van der Waals surface area contributed by atoms with Crippen LogP contribution < -0.4 is 11.1 Å². The summed E-state index contributed by atoms with van der Waals surface area (Å²) < 4.78 is 5.99. The fraction of sp³-hybridized carbons (Fsp3) is 0.562. The van der Waals surface area contributed by atoms with Crippen molar-refractivity contribution in [2.45, 2.75) is 45.3 Å². The van der Waals surface area contributed by atoms with Gasteiger partial charge in [0.25, 0.3) is 0 Å². The van der Waals surface area contributed by atoms with Gasteiger partial charge in [0.15, 0.2) is 0 Å². The molecule has 0 bridgehead atoms. The molecule has 4 nitrogen and oxygen atoms in total. The first-order valence-electron chi connectivity index (χ1n) is 7.38. The van der Waals surface area contributed by atoms with Crippen molar-refractivity contribution in [1.29, 1.82) is 0 Å². The maximum Gasteiger partial charge on any atom is 0.238 e. The lowest BCUT2D eigenvalue weighted by atomic mass is 9.89. The van der Waals surface area contributed by atoms with Crippen molar-refractivity contribution in [3.8, 4) is 0 Å². The fourth-order valence-electron chi connectivity index (χ4n) is 2.69. The third kappa shape index (κ3) is 6.04. The van der Waals surface area contributed by atoms with E-state index in [4.69, 9.17) is 10.5 Å². The maximum absolute atomic E-state index is 11.3. The van der Waals surface area contributed by atoms with E-state index in [9.17, 15) is 4.79 Å². The van der Waals surface area contributed by atoms with Crippen LogP contribution in [0.2, 0.25) is 0 Å². The Bertz CT molecular complexity index is 454. The van der Waals surface area contributed by atoms with Crippen molar-refractivity contribution in [2.24, 2.45) is 11.7 Å². The van der Waals surface area contributed by atoms with Crippen LogP contribution in [0.5, 0.6) is 0 Å². The minimum atomic E-state index is -0.177. The van der Waals surface area contributed by atoms with Crippen LogP contribution in [0.3, 0.4) is 0 Å². The molecule has 0 radical (unpaired) electrons. The summed E-state index contributed by atoms with van der Waals surface area (Å²) in [5, 5.41) is 2.76. The second kappa shape index (κ2) is 9.03. The van der Waals surface area contributed by atoms with Gasteiger partial charge in [-0.15, -0.1) is 12.4 Å². The zero-order valence-electron chi connectivity index (χ0n) is 12.5. The summed E-state index contributed by atoms with van der Waals surface area (Å²) in [6.45, 7) is 2.89. The first kappa shape index (κ1) is 18.0. The lowest BCUT2D eigenvalue weighted by Gasteiger charge is -2.26. The highest BCUT2D eigenvalue weighted by atomic mass is 35.5. The summed E-state index contributed by atoms with van der Waals surface area (Å²) >= 11 is 0. The van der Waals surface area contributed by atoms with Crippen LogP contribution in [0, 0.1) is 5.92 Å². The number of carbonyl (C=O) groups excluding carboxylic acids is 1. The predicted molar refractivity (Wildman–Crippen MR) is 87.6 cm³/mol. The van der Waals surface area contributed by atoms with Crippen LogP contribution in [0.15, 0.2) is 24.3 Å². The predicted octanol–water partition coefficient (Wildman–Crippen LogP) is 3.10. The Morgan fingerprint density at radius 3 is 2.95 bits per heavy atom. The molecule has 1 fully saturated rings. The van der Waals surface area contributed by atoms with Crippen molar-refractivity contribution < 1.29 is 9.53 Å². The van der Waals surface area contributed by atoms with E-state index in [0.29, 0.717) is 12.7 Å². The van der Waals surface area contributed by atoms with Crippen molar-refractivity contribution in [1.82, 2.24) is 0 Å². The van der Waals surface area contributed by atoms with Gasteiger partial charge < -0.3 is 15.8 Å². The van der Waals surface area contributed by atoms with E-state index in [1.54, 1.807) is 0 Å². The quantitative estimate of drug-likeness (QED) is 0.878. The molecule has 1 saturated carbocycles. The molecule has 0 spiro atoms. The molecular formula is C16H25ClN2O2. The molecule has 0 saturated heterocycles. The Balaban J connectivity index is 0.00000220. The first-order valence-corrected chi connectivity index (χ1v) is 7.38. The van der Waals surface area contributed by atoms with Crippen molar-refractivity contribution in [3.05, 3.63) is 29.8 Å². The van der Waals surface area contributed by atoms with Gasteiger partial charge in [-0.05, 0) is 36.5 Å². The fourth-order valence-corrected chi connectivity index (χ4v) is 2.69. The lowest BCUT2D eigenvalue weighted by molar-refractivity contribution is -0.114. The molecule has 1 aliphatic rings. The number of halogens is 1. The Morgan fingerprint density at radius 1 is 1.43 bits per heavy atom. The molecular weight excluding hydrogens is 288 g/mol. The van der Waals surface area contributed by atoms with Crippen molar-refractivity contribution >= 4 is 24.0 Å². The Labute approximate surface area is 132 Å². The van der Waals surface area contributed by atoms with Gasteiger partial charge in [0.1, 0.15) is 0 Å².